The number of amides is 1. The van der Waals surface area contributed by atoms with Gasteiger partial charge in [0.1, 0.15) is 15.5 Å². The van der Waals surface area contributed by atoms with Crippen LogP contribution in [0.25, 0.3) is 21.5 Å². The molecule has 1 aliphatic heterocycles. The molecule has 204 valence electrons. The van der Waals surface area contributed by atoms with Crippen LogP contribution in [0.2, 0.25) is 0 Å². The van der Waals surface area contributed by atoms with Crippen LogP contribution < -0.4 is 21.7 Å². The van der Waals surface area contributed by atoms with Crippen LogP contribution in [-0.4, -0.2) is 46.7 Å². The summed E-state index contributed by atoms with van der Waals surface area (Å²) in [5.74, 6) is -0.711. The zero-order valence-corrected chi connectivity index (χ0v) is 21.6. The van der Waals surface area contributed by atoms with E-state index in [1.807, 2.05) is 42.5 Å². The number of hydrogen-bond donors (Lipinski definition) is 4. The van der Waals surface area contributed by atoms with E-state index in [-0.39, 0.29) is 32.6 Å². The van der Waals surface area contributed by atoms with Crippen LogP contribution in [0.5, 0.6) is 0 Å². The topological polar surface area (TPSA) is 130 Å². The third-order valence-electron chi connectivity index (χ3n) is 6.87. The van der Waals surface area contributed by atoms with Crippen LogP contribution in [0, 0.1) is 0 Å². The quantitative estimate of drug-likeness (QED) is 0.266. The molecule has 39 heavy (non-hydrogen) atoms. The molecule has 1 amide bonds. The Kier molecular flexibility index (Phi) is 7.43. The number of nitrogens with two attached hydrogens (primary N) is 2. The van der Waals surface area contributed by atoms with E-state index in [1.54, 1.807) is 11.1 Å². The van der Waals surface area contributed by atoms with Gasteiger partial charge in [-0.15, -0.1) is 11.3 Å². The fraction of sp³-hybridized carbons (Fsp3) is 0.296. The Morgan fingerprint density at radius 3 is 2.51 bits per heavy atom. The highest BCUT2D eigenvalue weighted by Gasteiger charge is 2.37. The largest absolute Gasteiger partial charge is 0.417 e. The summed E-state index contributed by atoms with van der Waals surface area (Å²) in [6, 6.07) is 14.6. The van der Waals surface area contributed by atoms with Crippen LogP contribution in [0.4, 0.5) is 24.7 Å². The Hall–Kier alpha value is -3.74. The first-order chi connectivity index (χ1) is 18.6. The Morgan fingerprint density at radius 1 is 1.18 bits per heavy atom. The number of rotatable bonds is 7. The van der Waals surface area contributed by atoms with Crippen LogP contribution in [0.3, 0.4) is 0 Å². The van der Waals surface area contributed by atoms with Gasteiger partial charge in [0.05, 0.1) is 23.0 Å². The molecule has 8 nitrogen and oxygen atoms in total. The Balaban J connectivity index is 1.22. The number of pyridine rings is 2. The number of alkyl halides is 3. The number of benzene rings is 1. The predicted molar refractivity (Wildman–Crippen MR) is 145 cm³/mol. The summed E-state index contributed by atoms with van der Waals surface area (Å²) in [4.78, 5) is 22.2. The van der Waals surface area contributed by atoms with E-state index in [4.69, 9.17) is 11.5 Å². The first-order valence-electron chi connectivity index (χ1n) is 12.4. The van der Waals surface area contributed by atoms with E-state index >= 15 is 0 Å². The SMILES string of the molecule is NC(=O)c1sc2nc(N3CCC(NCC(O)c4ccc(-c5ccccc5)nc4)CC3)cc(C(F)(F)F)c2c1N. The van der Waals surface area contributed by atoms with Crippen molar-refractivity contribution in [1.29, 1.82) is 0 Å². The van der Waals surface area contributed by atoms with Crippen LogP contribution in [0.15, 0.2) is 54.7 Å². The molecule has 1 unspecified atom stereocenters. The number of aliphatic hydroxyl groups excluding tert-OH is 1. The maximum Gasteiger partial charge on any atom is 0.417 e. The number of nitrogen functional groups attached to an aromatic ring is 1. The summed E-state index contributed by atoms with van der Waals surface area (Å²) < 4.78 is 41.7. The average molecular weight is 557 g/mol. The van der Waals surface area contributed by atoms with Crippen molar-refractivity contribution < 1.29 is 23.1 Å². The molecule has 4 heterocycles. The van der Waals surface area contributed by atoms with Gasteiger partial charge in [0, 0.05) is 48.4 Å². The normalized spacial score (nSPS) is 15.5. The van der Waals surface area contributed by atoms with Gasteiger partial charge in [0.25, 0.3) is 5.91 Å². The van der Waals surface area contributed by atoms with Crippen molar-refractivity contribution in [2.45, 2.75) is 31.2 Å². The fourth-order valence-corrected chi connectivity index (χ4v) is 5.73. The number of thiophene rings is 1. The van der Waals surface area contributed by atoms with Crippen molar-refractivity contribution >= 4 is 39.0 Å². The lowest BCUT2D eigenvalue weighted by Crippen LogP contribution is -2.44. The van der Waals surface area contributed by atoms with E-state index < -0.39 is 23.8 Å². The third kappa shape index (κ3) is 5.68. The summed E-state index contributed by atoms with van der Waals surface area (Å²) in [5, 5.41) is 13.7. The van der Waals surface area contributed by atoms with Crippen LogP contribution in [-0.2, 0) is 6.18 Å². The maximum absolute atomic E-state index is 13.9. The number of carbonyl (C=O) groups excluding carboxylic acids is 1. The lowest BCUT2D eigenvalue weighted by molar-refractivity contribution is -0.136. The van der Waals surface area contributed by atoms with Crippen LogP contribution >= 0.6 is 11.3 Å². The minimum atomic E-state index is -4.68. The van der Waals surface area contributed by atoms with Gasteiger partial charge in [0.2, 0.25) is 0 Å². The predicted octanol–water partition coefficient (Wildman–Crippen LogP) is 4.35. The van der Waals surface area contributed by atoms with Gasteiger partial charge in [-0.1, -0.05) is 36.4 Å². The second-order valence-corrected chi connectivity index (χ2v) is 10.4. The lowest BCUT2D eigenvalue weighted by Gasteiger charge is -2.34. The summed E-state index contributed by atoms with van der Waals surface area (Å²) in [7, 11) is 0. The number of nitrogens with one attached hydrogen (secondary N) is 1. The van der Waals surface area contributed by atoms with Gasteiger partial charge < -0.3 is 26.8 Å². The molecule has 1 atom stereocenters. The van der Waals surface area contributed by atoms with Gasteiger partial charge in [-0.25, -0.2) is 4.98 Å². The summed E-state index contributed by atoms with van der Waals surface area (Å²) in [5.41, 5.74) is 12.4. The van der Waals surface area contributed by atoms with E-state index in [0.717, 1.165) is 28.7 Å². The molecule has 3 aromatic heterocycles. The minimum Gasteiger partial charge on any atom is -0.397 e. The number of fused-ring (bicyclic) bond motifs is 1. The van der Waals surface area contributed by atoms with E-state index in [2.05, 4.69) is 15.3 Å². The minimum absolute atomic E-state index is 0.0291. The van der Waals surface area contributed by atoms with Gasteiger partial charge in [-0.05, 0) is 25.0 Å². The molecule has 1 saturated heterocycles. The van der Waals surface area contributed by atoms with Crippen molar-refractivity contribution in [3.8, 4) is 11.3 Å². The number of primary amides is 1. The van der Waals surface area contributed by atoms with E-state index in [1.165, 1.54) is 0 Å². The summed E-state index contributed by atoms with van der Waals surface area (Å²) >= 11 is 0.767. The van der Waals surface area contributed by atoms with Gasteiger partial charge >= 0.3 is 6.18 Å². The molecular formula is C27H27F3N6O2S. The molecule has 0 saturated carbocycles. The Bertz CT molecular complexity index is 1470. The molecular weight excluding hydrogens is 529 g/mol. The number of hydrogen-bond acceptors (Lipinski definition) is 8. The first kappa shape index (κ1) is 26.9. The highest BCUT2D eigenvalue weighted by atomic mass is 32.1. The van der Waals surface area contributed by atoms with Crippen molar-refractivity contribution in [2.24, 2.45) is 5.73 Å². The molecule has 1 fully saturated rings. The molecule has 1 aliphatic rings. The second kappa shape index (κ2) is 10.8. The fourth-order valence-electron chi connectivity index (χ4n) is 4.77. The molecule has 0 radical (unpaired) electrons. The number of aromatic nitrogens is 2. The maximum atomic E-state index is 13.9. The molecule has 1 aromatic carbocycles. The summed E-state index contributed by atoms with van der Waals surface area (Å²) in [6.45, 7) is 1.27. The van der Waals surface area contributed by atoms with Gasteiger partial charge in [0.15, 0.2) is 0 Å². The number of carbonyl (C=O) groups is 1. The molecule has 6 N–H and O–H groups in total. The average Bonchev–Trinajstić information content (AvgIpc) is 3.28. The number of piperidine rings is 1. The van der Waals surface area contributed by atoms with Crippen molar-refractivity contribution in [2.75, 3.05) is 30.3 Å². The van der Waals surface area contributed by atoms with Crippen molar-refractivity contribution in [3.63, 3.8) is 0 Å². The number of aliphatic hydroxyl groups is 1. The molecule has 0 aliphatic carbocycles. The monoisotopic (exact) mass is 556 g/mol. The molecule has 4 aromatic rings. The molecule has 0 spiro atoms. The van der Waals surface area contributed by atoms with Crippen molar-refractivity contribution in [1.82, 2.24) is 15.3 Å². The Labute approximate surface area is 226 Å². The lowest BCUT2D eigenvalue weighted by atomic mass is 10.0. The Morgan fingerprint density at radius 2 is 1.90 bits per heavy atom. The molecule has 12 heteroatoms. The smallest absolute Gasteiger partial charge is 0.397 e. The zero-order valence-electron chi connectivity index (χ0n) is 20.8. The standard InChI is InChI=1S/C27H27F3N6O2S/c28-27(29,30)18-12-21(35-26-22(18)23(31)24(39-26)25(32)38)36-10-8-17(9-11-36)33-14-20(37)16-6-7-19(34-13-16)15-4-2-1-3-5-15/h1-7,12-13,17,20,33,37H,8-11,14,31H2,(H2,32,38). The summed E-state index contributed by atoms with van der Waals surface area (Å²) in [6.07, 6.45) is -2.46. The van der Waals surface area contributed by atoms with E-state index in [0.29, 0.717) is 38.0 Å². The number of halogens is 3. The highest BCUT2D eigenvalue weighted by Crippen LogP contribution is 2.43. The number of anilines is 2. The van der Waals surface area contributed by atoms with Crippen LogP contribution in [0.1, 0.15) is 39.7 Å². The second-order valence-electron chi connectivity index (χ2n) is 9.44. The van der Waals surface area contributed by atoms with Gasteiger partial charge in [-0.2, -0.15) is 13.2 Å². The van der Waals surface area contributed by atoms with E-state index in [9.17, 15) is 23.1 Å². The number of nitrogens with zero attached hydrogens (tertiary/aromatic N) is 3. The molecule has 5 rings (SSSR count). The van der Waals surface area contributed by atoms with Crippen molar-refractivity contribution in [3.05, 3.63) is 70.7 Å². The highest BCUT2D eigenvalue weighted by molar-refractivity contribution is 7.21. The third-order valence-corrected chi connectivity index (χ3v) is 7.99. The van der Waals surface area contributed by atoms with Gasteiger partial charge in [-0.3, -0.25) is 9.78 Å². The zero-order chi connectivity index (χ0) is 27.7. The first-order valence-corrected chi connectivity index (χ1v) is 13.2. The molecule has 0 bridgehead atoms.